The fraction of sp³-hybridized carbons (Fsp3) is 0.438. The molecular formula is C16H21N3. The molecule has 0 aliphatic heterocycles. The summed E-state index contributed by atoms with van der Waals surface area (Å²) in [6, 6.07) is 6.80. The van der Waals surface area contributed by atoms with Crippen molar-refractivity contribution < 1.29 is 0 Å². The summed E-state index contributed by atoms with van der Waals surface area (Å²) >= 11 is 0. The molecule has 0 radical (unpaired) electrons. The molecule has 1 heterocycles. The standard InChI is InChI=1S/C16H21N3/c1-11(9-17)16-18-10-15(19-16)14-7-6-12-4-2-3-5-13(12)8-14/h6-8,10-11H,2-5,9,17H2,1H3,(H,18,19). The van der Waals surface area contributed by atoms with Gasteiger partial charge in [0.05, 0.1) is 11.9 Å². The van der Waals surface area contributed by atoms with Gasteiger partial charge in [-0.05, 0) is 48.4 Å². The first kappa shape index (κ1) is 12.4. The number of hydrogen-bond donors (Lipinski definition) is 2. The highest BCUT2D eigenvalue weighted by Gasteiger charge is 2.12. The Hall–Kier alpha value is -1.61. The van der Waals surface area contributed by atoms with Crippen molar-refractivity contribution in [3.05, 3.63) is 41.3 Å². The topological polar surface area (TPSA) is 54.7 Å². The number of imidazole rings is 1. The van der Waals surface area contributed by atoms with E-state index >= 15 is 0 Å². The number of H-pyrrole nitrogens is 1. The number of rotatable bonds is 3. The molecule has 0 bridgehead atoms. The van der Waals surface area contributed by atoms with Gasteiger partial charge in [0.1, 0.15) is 5.82 Å². The van der Waals surface area contributed by atoms with E-state index in [9.17, 15) is 0 Å². The molecule has 3 N–H and O–H groups in total. The second kappa shape index (κ2) is 5.17. The molecular weight excluding hydrogens is 234 g/mol. The van der Waals surface area contributed by atoms with Crippen LogP contribution in [0.3, 0.4) is 0 Å². The fourth-order valence-electron chi connectivity index (χ4n) is 2.75. The second-order valence-corrected chi connectivity index (χ2v) is 5.51. The number of benzene rings is 1. The minimum absolute atomic E-state index is 0.284. The average Bonchev–Trinajstić information content (AvgIpc) is 2.95. The first-order valence-corrected chi connectivity index (χ1v) is 7.15. The Morgan fingerprint density at radius 3 is 2.84 bits per heavy atom. The molecule has 0 saturated carbocycles. The van der Waals surface area contributed by atoms with Crippen molar-refractivity contribution in [2.45, 2.75) is 38.5 Å². The maximum atomic E-state index is 5.68. The Morgan fingerprint density at radius 2 is 2.05 bits per heavy atom. The molecule has 0 spiro atoms. The smallest absolute Gasteiger partial charge is 0.110 e. The van der Waals surface area contributed by atoms with E-state index < -0.39 is 0 Å². The zero-order valence-corrected chi connectivity index (χ0v) is 11.4. The van der Waals surface area contributed by atoms with Crippen molar-refractivity contribution in [1.82, 2.24) is 9.97 Å². The molecule has 3 heteroatoms. The third kappa shape index (κ3) is 2.43. The van der Waals surface area contributed by atoms with Crippen molar-refractivity contribution in [3.63, 3.8) is 0 Å². The first-order chi connectivity index (χ1) is 9.28. The number of aromatic nitrogens is 2. The Bertz CT molecular complexity index is 571. The molecule has 0 amide bonds. The predicted molar refractivity (Wildman–Crippen MR) is 78.1 cm³/mol. The van der Waals surface area contributed by atoms with Gasteiger partial charge >= 0.3 is 0 Å². The van der Waals surface area contributed by atoms with Crippen LogP contribution in [0, 0.1) is 0 Å². The van der Waals surface area contributed by atoms with Crippen LogP contribution < -0.4 is 5.73 Å². The van der Waals surface area contributed by atoms with Crippen LogP contribution in [-0.4, -0.2) is 16.5 Å². The molecule has 3 rings (SSSR count). The van der Waals surface area contributed by atoms with Crippen LogP contribution in [-0.2, 0) is 12.8 Å². The highest BCUT2D eigenvalue weighted by atomic mass is 14.9. The van der Waals surface area contributed by atoms with Gasteiger partial charge in [-0.2, -0.15) is 0 Å². The summed E-state index contributed by atoms with van der Waals surface area (Å²) in [6.07, 6.45) is 7.01. The average molecular weight is 255 g/mol. The Kier molecular flexibility index (Phi) is 3.38. The molecule has 0 fully saturated rings. The number of aryl methyl sites for hydroxylation is 2. The van der Waals surface area contributed by atoms with Crippen molar-refractivity contribution >= 4 is 0 Å². The maximum Gasteiger partial charge on any atom is 0.110 e. The van der Waals surface area contributed by atoms with Gasteiger partial charge in [-0.1, -0.05) is 19.1 Å². The Labute approximate surface area is 114 Å². The highest BCUT2D eigenvalue weighted by molar-refractivity contribution is 5.61. The lowest BCUT2D eigenvalue weighted by atomic mass is 9.90. The third-order valence-corrected chi connectivity index (χ3v) is 4.08. The molecule has 1 atom stereocenters. The quantitative estimate of drug-likeness (QED) is 0.885. The SMILES string of the molecule is CC(CN)c1ncc(-c2ccc3c(c2)CCCC3)[nH]1. The van der Waals surface area contributed by atoms with Crippen molar-refractivity contribution in [2.24, 2.45) is 5.73 Å². The molecule has 2 aromatic rings. The first-order valence-electron chi connectivity index (χ1n) is 7.15. The Morgan fingerprint density at radius 1 is 1.26 bits per heavy atom. The van der Waals surface area contributed by atoms with Crippen LogP contribution in [0.25, 0.3) is 11.3 Å². The number of fused-ring (bicyclic) bond motifs is 1. The molecule has 100 valence electrons. The zero-order chi connectivity index (χ0) is 13.2. The number of nitrogens with two attached hydrogens (primary N) is 1. The van der Waals surface area contributed by atoms with E-state index in [1.807, 2.05) is 6.20 Å². The van der Waals surface area contributed by atoms with Crippen LogP contribution >= 0.6 is 0 Å². The van der Waals surface area contributed by atoms with Gasteiger partial charge in [-0.25, -0.2) is 4.98 Å². The van der Waals surface area contributed by atoms with Crippen LogP contribution in [0.1, 0.15) is 42.6 Å². The number of nitrogens with zero attached hydrogens (tertiary/aromatic N) is 1. The van der Waals surface area contributed by atoms with E-state index in [0.29, 0.717) is 6.54 Å². The van der Waals surface area contributed by atoms with E-state index in [1.54, 1.807) is 0 Å². The largest absolute Gasteiger partial charge is 0.342 e. The van der Waals surface area contributed by atoms with Gasteiger partial charge in [0.15, 0.2) is 0 Å². The van der Waals surface area contributed by atoms with Crippen LogP contribution in [0.15, 0.2) is 24.4 Å². The molecule has 1 aliphatic rings. The predicted octanol–water partition coefficient (Wildman–Crippen LogP) is 3.02. The summed E-state index contributed by atoms with van der Waals surface area (Å²) < 4.78 is 0. The van der Waals surface area contributed by atoms with Crippen molar-refractivity contribution in [3.8, 4) is 11.3 Å². The number of aromatic amines is 1. The monoisotopic (exact) mass is 255 g/mol. The summed E-state index contributed by atoms with van der Waals surface area (Å²) in [7, 11) is 0. The van der Waals surface area contributed by atoms with Gasteiger partial charge in [0.2, 0.25) is 0 Å². The van der Waals surface area contributed by atoms with Crippen LogP contribution in [0.5, 0.6) is 0 Å². The van der Waals surface area contributed by atoms with E-state index in [0.717, 1.165) is 11.5 Å². The summed E-state index contributed by atoms with van der Waals surface area (Å²) in [5.74, 6) is 1.27. The lowest BCUT2D eigenvalue weighted by Gasteiger charge is -2.16. The summed E-state index contributed by atoms with van der Waals surface area (Å²) in [4.78, 5) is 7.84. The molecule has 1 aromatic heterocycles. The molecule has 1 aromatic carbocycles. The van der Waals surface area contributed by atoms with Gasteiger partial charge in [-0.15, -0.1) is 0 Å². The summed E-state index contributed by atoms with van der Waals surface area (Å²) in [5, 5.41) is 0. The lowest BCUT2D eigenvalue weighted by molar-refractivity contribution is 0.686. The summed E-state index contributed by atoms with van der Waals surface area (Å²) in [5.41, 5.74) is 11.0. The van der Waals surface area contributed by atoms with Gasteiger partial charge < -0.3 is 10.7 Å². The number of nitrogens with one attached hydrogen (secondary N) is 1. The minimum Gasteiger partial charge on any atom is -0.342 e. The fourth-order valence-corrected chi connectivity index (χ4v) is 2.75. The molecule has 19 heavy (non-hydrogen) atoms. The van der Waals surface area contributed by atoms with E-state index in [4.69, 9.17) is 5.73 Å². The normalized spacial score (nSPS) is 16.1. The van der Waals surface area contributed by atoms with E-state index in [-0.39, 0.29) is 5.92 Å². The second-order valence-electron chi connectivity index (χ2n) is 5.51. The maximum absolute atomic E-state index is 5.68. The minimum atomic E-state index is 0.284. The van der Waals surface area contributed by atoms with Gasteiger partial charge in [-0.3, -0.25) is 0 Å². The molecule has 0 saturated heterocycles. The van der Waals surface area contributed by atoms with Gasteiger partial charge in [0.25, 0.3) is 0 Å². The highest BCUT2D eigenvalue weighted by Crippen LogP contribution is 2.27. The van der Waals surface area contributed by atoms with Crippen LogP contribution in [0.2, 0.25) is 0 Å². The molecule has 3 nitrogen and oxygen atoms in total. The van der Waals surface area contributed by atoms with Crippen LogP contribution in [0.4, 0.5) is 0 Å². The number of hydrogen-bond acceptors (Lipinski definition) is 2. The Balaban J connectivity index is 1.91. The zero-order valence-electron chi connectivity index (χ0n) is 11.4. The lowest BCUT2D eigenvalue weighted by Crippen LogP contribution is -2.10. The van der Waals surface area contributed by atoms with Gasteiger partial charge in [0, 0.05) is 12.5 Å². The summed E-state index contributed by atoms with van der Waals surface area (Å²) in [6.45, 7) is 2.71. The van der Waals surface area contributed by atoms with E-state index in [1.165, 1.54) is 42.4 Å². The molecule has 1 aliphatic carbocycles. The van der Waals surface area contributed by atoms with E-state index in [2.05, 4.69) is 35.1 Å². The third-order valence-electron chi connectivity index (χ3n) is 4.08. The van der Waals surface area contributed by atoms with Crippen molar-refractivity contribution in [1.29, 1.82) is 0 Å². The van der Waals surface area contributed by atoms with Crippen molar-refractivity contribution in [2.75, 3.05) is 6.54 Å². The molecule has 1 unspecified atom stereocenters.